The van der Waals surface area contributed by atoms with E-state index in [0.29, 0.717) is 12.1 Å². The minimum atomic E-state index is -3.79. The molecule has 0 heterocycles. The lowest BCUT2D eigenvalue weighted by Gasteiger charge is -2.11. The summed E-state index contributed by atoms with van der Waals surface area (Å²) in [6.45, 7) is 4.91. The number of hydrogen-bond acceptors (Lipinski definition) is 6. The first-order chi connectivity index (χ1) is 14.1. The molecule has 0 fully saturated rings. The van der Waals surface area contributed by atoms with Crippen LogP contribution in [0.5, 0.6) is 0 Å². The van der Waals surface area contributed by atoms with E-state index in [1.165, 1.54) is 24.3 Å². The van der Waals surface area contributed by atoms with Gasteiger partial charge in [-0.15, -0.1) is 0 Å². The summed E-state index contributed by atoms with van der Waals surface area (Å²) < 4.78 is 32.6. The lowest BCUT2D eigenvalue weighted by Crippen LogP contribution is -2.41. The number of hydrogen-bond donors (Lipinski definition) is 3. The third kappa shape index (κ3) is 6.31. The van der Waals surface area contributed by atoms with Gasteiger partial charge in [-0.05, 0) is 62.2 Å². The zero-order chi connectivity index (χ0) is 22.3. The van der Waals surface area contributed by atoms with Crippen LogP contribution in [0, 0.1) is 13.8 Å². The zero-order valence-electron chi connectivity index (χ0n) is 16.8. The van der Waals surface area contributed by atoms with E-state index in [0.717, 1.165) is 5.56 Å². The number of anilines is 1. The summed E-state index contributed by atoms with van der Waals surface area (Å²) >= 11 is 0. The summed E-state index contributed by atoms with van der Waals surface area (Å²) in [6, 6.07) is 10.0. The Bertz CT molecular complexity index is 1050. The molecule has 0 saturated carbocycles. The molecule has 3 amide bonds. The Hall–Kier alpha value is -3.40. The van der Waals surface area contributed by atoms with Gasteiger partial charge < -0.3 is 10.1 Å². The molecule has 0 spiro atoms. The molecule has 0 radical (unpaired) electrons. The van der Waals surface area contributed by atoms with Crippen LogP contribution in [0.2, 0.25) is 0 Å². The largest absolute Gasteiger partial charge is 0.452 e. The molecule has 0 saturated heterocycles. The monoisotopic (exact) mass is 433 g/mol. The first-order valence-electron chi connectivity index (χ1n) is 9.07. The molecule has 2 rings (SSSR count). The fraction of sp³-hybridized carbons (Fsp3) is 0.250. The second-order valence-corrected chi connectivity index (χ2v) is 8.09. The lowest BCUT2D eigenvalue weighted by atomic mass is 10.2. The van der Waals surface area contributed by atoms with E-state index in [2.05, 4.69) is 10.0 Å². The maximum atomic E-state index is 12.6. The number of urea groups is 1. The highest BCUT2D eigenvalue weighted by molar-refractivity contribution is 7.92. The SMILES string of the molecule is CCNC(=O)NC(=O)COC(=O)c1ccc(NS(=O)(=O)c2cc(C)ccc2C)cc1. The molecule has 2 aromatic carbocycles. The van der Waals surface area contributed by atoms with Crippen LogP contribution >= 0.6 is 0 Å². The van der Waals surface area contributed by atoms with Crippen molar-refractivity contribution >= 4 is 33.6 Å². The molecule has 2 aromatic rings. The normalized spacial score (nSPS) is 10.8. The van der Waals surface area contributed by atoms with Crippen molar-refractivity contribution in [3.63, 3.8) is 0 Å². The number of imide groups is 1. The maximum absolute atomic E-state index is 12.6. The maximum Gasteiger partial charge on any atom is 0.338 e. The fourth-order valence-corrected chi connectivity index (χ4v) is 3.85. The number of sulfonamides is 1. The second kappa shape index (κ2) is 9.88. The molecule has 0 bridgehead atoms. The first-order valence-corrected chi connectivity index (χ1v) is 10.6. The average molecular weight is 433 g/mol. The molecule has 3 N–H and O–H groups in total. The molecular weight excluding hydrogens is 410 g/mol. The van der Waals surface area contributed by atoms with Crippen LogP contribution in [0.3, 0.4) is 0 Å². The molecule has 30 heavy (non-hydrogen) atoms. The number of esters is 1. The van der Waals surface area contributed by atoms with E-state index >= 15 is 0 Å². The minimum Gasteiger partial charge on any atom is -0.452 e. The average Bonchev–Trinajstić information content (AvgIpc) is 2.68. The van der Waals surface area contributed by atoms with Crippen molar-refractivity contribution in [2.75, 3.05) is 17.9 Å². The van der Waals surface area contributed by atoms with E-state index in [1.807, 2.05) is 11.4 Å². The van der Waals surface area contributed by atoms with Crippen LogP contribution in [0.1, 0.15) is 28.4 Å². The summed E-state index contributed by atoms with van der Waals surface area (Å²) in [5.41, 5.74) is 1.81. The summed E-state index contributed by atoms with van der Waals surface area (Å²) in [7, 11) is -3.79. The van der Waals surface area contributed by atoms with Gasteiger partial charge in [0.2, 0.25) is 0 Å². The predicted octanol–water partition coefficient (Wildman–Crippen LogP) is 2.11. The number of nitrogens with one attached hydrogen (secondary N) is 3. The van der Waals surface area contributed by atoms with E-state index in [1.54, 1.807) is 32.9 Å². The Labute approximate surface area is 174 Å². The summed E-state index contributed by atoms with van der Waals surface area (Å²) in [5, 5.41) is 4.38. The highest BCUT2D eigenvalue weighted by Crippen LogP contribution is 2.21. The van der Waals surface area contributed by atoms with Gasteiger partial charge in [0.15, 0.2) is 6.61 Å². The van der Waals surface area contributed by atoms with Gasteiger partial charge in [-0.25, -0.2) is 18.0 Å². The third-order valence-corrected chi connectivity index (χ3v) is 5.45. The Morgan fingerprint density at radius 1 is 1.00 bits per heavy atom. The predicted molar refractivity (Wildman–Crippen MR) is 111 cm³/mol. The Kier molecular flexibility index (Phi) is 7.54. The number of carbonyl (C=O) groups excluding carboxylic acids is 3. The van der Waals surface area contributed by atoms with E-state index in [-0.39, 0.29) is 16.1 Å². The van der Waals surface area contributed by atoms with Gasteiger partial charge in [-0.1, -0.05) is 12.1 Å². The number of carbonyl (C=O) groups is 3. The smallest absolute Gasteiger partial charge is 0.338 e. The van der Waals surface area contributed by atoms with Gasteiger partial charge in [0.05, 0.1) is 10.5 Å². The molecule has 0 aliphatic heterocycles. The molecule has 9 nitrogen and oxygen atoms in total. The molecule has 0 aromatic heterocycles. The molecule has 0 aliphatic carbocycles. The van der Waals surface area contributed by atoms with Crippen molar-refractivity contribution in [3.8, 4) is 0 Å². The number of amides is 3. The topological polar surface area (TPSA) is 131 Å². The van der Waals surface area contributed by atoms with Crippen molar-refractivity contribution < 1.29 is 27.5 Å². The minimum absolute atomic E-state index is 0.121. The van der Waals surface area contributed by atoms with Crippen molar-refractivity contribution in [2.45, 2.75) is 25.7 Å². The van der Waals surface area contributed by atoms with Crippen LogP contribution in [-0.4, -0.2) is 39.5 Å². The molecular formula is C20H23N3O6S. The Balaban J connectivity index is 1.99. The van der Waals surface area contributed by atoms with Crippen LogP contribution in [0.15, 0.2) is 47.4 Å². The lowest BCUT2D eigenvalue weighted by molar-refractivity contribution is -0.123. The fourth-order valence-electron chi connectivity index (χ4n) is 2.46. The first kappa shape index (κ1) is 22.9. The van der Waals surface area contributed by atoms with Crippen molar-refractivity contribution in [2.24, 2.45) is 0 Å². The van der Waals surface area contributed by atoms with Crippen LogP contribution in [-0.2, 0) is 19.6 Å². The third-order valence-electron chi connectivity index (χ3n) is 3.93. The van der Waals surface area contributed by atoms with Gasteiger partial charge in [0.1, 0.15) is 0 Å². The number of benzene rings is 2. The summed E-state index contributed by atoms with van der Waals surface area (Å²) in [4.78, 5) is 34.9. The Morgan fingerprint density at radius 3 is 2.30 bits per heavy atom. The van der Waals surface area contributed by atoms with Gasteiger partial charge in [0.25, 0.3) is 15.9 Å². The van der Waals surface area contributed by atoms with Crippen LogP contribution in [0.25, 0.3) is 0 Å². The van der Waals surface area contributed by atoms with Crippen molar-refractivity contribution in [1.29, 1.82) is 0 Å². The highest BCUT2D eigenvalue weighted by atomic mass is 32.2. The molecule has 160 valence electrons. The summed E-state index contributed by atoms with van der Waals surface area (Å²) in [6.07, 6.45) is 0. The molecule has 0 unspecified atom stereocenters. The van der Waals surface area contributed by atoms with Crippen molar-refractivity contribution in [1.82, 2.24) is 10.6 Å². The second-order valence-electron chi connectivity index (χ2n) is 6.44. The number of aryl methyl sites for hydroxylation is 2. The molecule has 0 aliphatic rings. The molecule has 10 heteroatoms. The van der Waals surface area contributed by atoms with E-state index in [9.17, 15) is 22.8 Å². The quantitative estimate of drug-likeness (QED) is 0.573. The van der Waals surface area contributed by atoms with Gasteiger partial charge in [-0.3, -0.25) is 14.8 Å². The van der Waals surface area contributed by atoms with Gasteiger partial charge in [0, 0.05) is 12.2 Å². The van der Waals surface area contributed by atoms with Gasteiger partial charge >= 0.3 is 12.0 Å². The zero-order valence-corrected chi connectivity index (χ0v) is 17.6. The van der Waals surface area contributed by atoms with Crippen LogP contribution in [0.4, 0.5) is 10.5 Å². The summed E-state index contributed by atoms with van der Waals surface area (Å²) in [5.74, 6) is -1.56. The van der Waals surface area contributed by atoms with E-state index < -0.39 is 34.5 Å². The van der Waals surface area contributed by atoms with Crippen molar-refractivity contribution in [3.05, 3.63) is 59.2 Å². The van der Waals surface area contributed by atoms with Crippen LogP contribution < -0.4 is 15.4 Å². The Morgan fingerprint density at radius 2 is 1.67 bits per heavy atom. The number of ether oxygens (including phenoxy) is 1. The van der Waals surface area contributed by atoms with E-state index in [4.69, 9.17) is 4.74 Å². The standard InChI is InChI=1S/C20H23N3O6S/c1-4-21-20(26)22-18(24)12-29-19(25)15-7-9-16(10-8-15)23-30(27,28)17-11-13(2)5-6-14(17)3/h5-11,23H,4,12H2,1-3H3,(H2,21,22,24,26). The number of rotatable bonds is 7. The molecule has 0 atom stereocenters. The van der Waals surface area contributed by atoms with Gasteiger partial charge in [-0.2, -0.15) is 0 Å². The highest BCUT2D eigenvalue weighted by Gasteiger charge is 2.18.